The van der Waals surface area contributed by atoms with E-state index in [0.29, 0.717) is 5.57 Å². The number of carbonyl (C=O) groups excluding carboxylic acids is 2. The SMILES string of the molecule is CC(C)(C)N1C(=O)C/C(=C\c2ccccc2)C1=O. The van der Waals surface area contributed by atoms with Crippen molar-refractivity contribution in [3.05, 3.63) is 41.5 Å². The van der Waals surface area contributed by atoms with Crippen LogP contribution in [0.25, 0.3) is 6.08 Å². The highest BCUT2D eigenvalue weighted by Crippen LogP contribution is 2.27. The third kappa shape index (κ3) is 2.35. The van der Waals surface area contributed by atoms with Gasteiger partial charge in [-0.1, -0.05) is 30.3 Å². The molecule has 0 aliphatic carbocycles. The molecule has 1 saturated heterocycles. The van der Waals surface area contributed by atoms with Gasteiger partial charge in [0.15, 0.2) is 0 Å². The number of hydrogen-bond donors (Lipinski definition) is 0. The average molecular weight is 243 g/mol. The summed E-state index contributed by atoms with van der Waals surface area (Å²) >= 11 is 0. The maximum Gasteiger partial charge on any atom is 0.257 e. The number of carbonyl (C=O) groups is 2. The molecule has 0 unspecified atom stereocenters. The van der Waals surface area contributed by atoms with E-state index in [-0.39, 0.29) is 18.2 Å². The second-order valence-electron chi connectivity index (χ2n) is 5.46. The second kappa shape index (κ2) is 4.41. The maximum absolute atomic E-state index is 12.2. The first kappa shape index (κ1) is 12.6. The number of nitrogens with zero attached hydrogens (tertiary/aromatic N) is 1. The van der Waals surface area contributed by atoms with Crippen LogP contribution < -0.4 is 0 Å². The van der Waals surface area contributed by atoms with E-state index in [1.807, 2.05) is 51.1 Å². The fourth-order valence-electron chi connectivity index (χ4n) is 2.12. The van der Waals surface area contributed by atoms with Crippen LogP contribution in [-0.2, 0) is 9.59 Å². The zero-order valence-electron chi connectivity index (χ0n) is 10.9. The van der Waals surface area contributed by atoms with Gasteiger partial charge < -0.3 is 0 Å². The lowest BCUT2D eigenvalue weighted by Gasteiger charge is -2.29. The second-order valence-corrected chi connectivity index (χ2v) is 5.46. The molecular weight excluding hydrogens is 226 g/mol. The largest absolute Gasteiger partial charge is 0.274 e. The van der Waals surface area contributed by atoms with Crippen molar-refractivity contribution >= 4 is 17.9 Å². The smallest absolute Gasteiger partial charge is 0.257 e. The fraction of sp³-hybridized carbons (Fsp3) is 0.333. The fourth-order valence-corrected chi connectivity index (χ4v) is 2.12. The Morgan fingerprint density at radius 1 is 1.11 bits per heavy atom. The molecule has 2 rings (SSSR count). The lowest BCUT2D eigenvalue weighted by atomic mass is 10.1. The molecule has 1 aromatic carbocycles. The molecule has 0 radical (unpaired) electrons. The van der Waals surface area contributed by atoms with Gasteiger partial charge in [-0.25, -0.2) is 0 Å². The summed E-state index contributed by atoms with van der Waals surface area (Å²) in [6.07, 6.45) is 2.00. The zero-order valence-corrected chi connectivity index (χ0v) is 10.9. The zero-order chi connectivity index (χ0) is 13.3. The number of imide groups is 1. The summed E-state index contributed by atoms with van der Waals surface area (Å²) in [6, 6.07) is 9.59. The van der Waals surface area contributed by atoms with Crippen molar-refractivity contribution in [1.29, 1.82) is 0 Å². The van der Waals surface area contributed by atoms with Crippen LogP contribution in [0.2, 0.25) is 0 Å². The molecule has 0 spiro atoms. The van der Waals surface area contributed by atoms with Crippen molar-refractivity contribution in [3.8, 4) is 0 Å². The average Bonchev–Trinajstić information content (AvgIpc) is 2.54. The van der Waals surface area contributed by atoms with E-state index >= 15 is 0 Å². The normalized spacial score (nSPS) is 18.8. The summed E-state index contributed by atoms with van der Waals surface area (Å²) in [5.74, 6) is -0.286. The van der Waals surface area contributed by atoms with Crippen molar-refractivity contribution in [3.63, 3.8) is 0 Å². The Morgan fingerprint density at radius 3 is 2.22 bits per heavy atom. The van der Waals surface area contributed by atoms with Gasteiger partial charge in [0.1, 0.15) is 0 Å². The van der Waals surface area contributed by atoms with Gasteiger partial charge in [0.25, 0.3) is 5.91 Å². The van der Waals surface area contributed by atoms with Gasteiger partial charge in [0, 0.05) is 11.1 Å². The predicted octanol–water partition coefficient (Wildman–Crippen LogP) is 2.63. The first-order valence-corrected chi connectivity index (χ1v) is 6.02. The van der Waals surface area contributed by atoms with Gasteiger partial charge >= 0.3 is 0 Å². The molecule has 18 heavy (non-hydrogen) atoms. The van der Waals surface area contributed by atoms with Crippen molar-refractivity contribution in [2.45, 2.75) is 32.7 Å². The monoisotopic (exact) mass is 243 g/mol. The Morgan fingerprint density at radius 2 is 1.72 bits per heavy atom. The molecule has 1 aromatic rings. The van der Waals surface area contributed by atoms with Gasteiger partial charge in [-0.05, 0) is 32.4 Å². The molecule has 0 N–H and O–H groups in total. The van der Waals surface area contributed by atoms with Crippen molar-refractivity contribution in [2.75, 3.05) is 0 Å². The van der Waals surface area contributed by atoms with Gasteiger partial charge in [0.2, 0.25) is 5.91 Å². The molecule has 0 bridgehead atoms. The summed E-state index contributed by atoms with van der Waals surface area (Å²) in [6.45, 7) is 5.61. The summed E-state index contributed by atoms with van der Waals surface area (Å²) in [5.41, 5.74) is 1.06. The molecule has 3 heteroatoms. The predicted molar refractivity (Wildman–Crippen MR) is 70.6 cm³/mol. The van der Waals surface area contributed by atoms with E-state index in [4.69, 9.17) is 0 Å². The van der Waals surface area contributed by atoms with Crippen LogP contribution in [0.1, 0.15) is 32.8 Å². The van der Waals surface area contributed by atoms with Gasteiger partial charge in [-0.15, -0.1) is 0 Å². The van der Waals surface area contributed by atoms with Crippen LogP contribution >= 0.6 is 0 Å². The maximum atomic E-state index is 12.2. The Balaban J connectivity index is 2.32. The quantitative estimate of drug-likeness (QED) is 0.561. The molecule has 0 aromatic heterocycles. The molecule has 1 fully saturated rings. The Kier molecular flexibility index (Phi) is 3.07. The first-order valence-electron chi connectivity index (χ1n) is 6.02. The van der Waals surface area contributed by atoms with E-state index in [0.717, 1.165) is 5.56 Å². The molecule has 0 atom stereocenters. The molecule has 1 aliphatic rings. The molecule has 1 aliphatic heterocycles. The van der Waals surface area contributed by atoms with Crippen LogP contribution in [-0.4, -0.2) is 22.3 Å². The van der Waals surface area contributed by atoms with Crippen LogP contribution in [0.5, 0.6) is 0 Å². The summed E-state index contributed by atoms with van der Waals surface area (Å²) in [7, 11) is 0. The summed E-state index contributed by atoms with van der Waals surface area (Å²) in [4.78, 5) is 25.4. The number of amides is 2. The van der Waals surface area contributed by atoms with Crippen molar-refractivity contribution in [2.24, 2.45) is 0 Å². The van der Waals surface area contributed by atoms with E-state index < -0.39 is 5.54 Å². The Hall–Kier alpha value is -1.90. The lowest BCUT2D eigenvalue weighted by Crippen LogP contribution is -2.44. The third-order valence-corrected chi connectivity index (χ3v) is 2.88. The lowest BCUT2D eigenvalue weighted by molar-refractivity contribution is -0.142. The number of benzene rings is 1. The van der Waals surface area contributed by atoms with E-state index in [2.05, 4.69) is 0 Å². The van der Waals surface area contributed by atoms with E-state index in [9.17, 15) is 9.59 Å². The van der Waals surface area contributed by atoms with Gasteiger partial charge in [-0.3, -0.25) is 14.5 Å². The number of hydrogen-bond acceptors (Lipinski definition) is 2. The molecule has 2 amide bonds. The molecule has 1 heterocycles. The highest BCUT2D eigenvalue weighted by atomic mass is 16.2. The minimum Gasteiger partial charge on any atom is -0.274 e. The number of likely N-dealkylation sites (tertiary alicyclic amines) is 1. The highest BCUT2D eigenvalue weighted by Gasteiger charge is 2.40. The summed E-state index contributed by atoms with van der Waals surface area (Å²) in [5, 5.41) is 0. The van der Waals surface area contributed by atoms with Crippen LogP contribution in [0.15, 0.2) is 35.9 Å². The topological polar surface area (TPSA) is 37.4 Å². The van der Waals surface area contributed by atoms with E-state index in [1.54, 1.807) is 6.08 Å². The molecule has 0 saturated carbocycles. The Labute approximate surface area is 107 Å². The van der Waals surface area contributed by atoms with Gasteiger partial charge in [0.05, 0.1) is 6.42 Å². The van der Waals surface area contributed by atoms with Crippen LogP contribution in [0.4, 0.5) is 0 Å². The van der Waals surface area contributed by atoms with Crippen molar-refractivity contribution < 1.29 is 9.59 Å². The highest BCUT2D eigenvalue weighted by molar-refractivity contribution is 6.16. The standard InChI is InChI=1S/C15H17NO2/c1-15(2,3)16-13(17)10-12(14(16)18)9-11-7-5-4-6-8-11/h4-9H,10H2,1-3H3/b12-9+. The number of rotatable bonds is 1. The van der Waals surface area contributed by atoms with Crippen LogP contribution in [0.3, 0.4) is 0 Å². The minimum absolute atomic E-state index is 0.116. The van der Waals surface area contributed by atoms with E-state index in [1.165, 1.54) is 4.90 Å². The minimum atomic E-state index is -0.458. The summed E-state index contributed by atoms with van der Waals surface area (Å²) < 4.78 is 0. The Bertz CT molecular complexity index is 509. The molecule has 3 nitrogen and oxygen atoms in total. The first-order chi connectivity index (χ1) is 8.39. The molecular formula is C15H17NO2. The van der Waals surface area contributed by atoms with Crippen molar-refractivity contribution in [1.82, 2.24) is 4.90 Å². The molecule has 94 valence electrons. The van der Waals surface area contributed by atoms with Crippen LogP contribution in [0, 0.1) is 0 Å². The van der Waals surface area contributed by atoms with Gasteiger partial charge in [-0.2, -0.15) is 0 Å². The third-order valence-electron chi connectivity index (χ3n) is 2.88.